The monoisotopic (exact) mass is 242 g/mol. The number of halogens is 2. The molecule has 0 aliphatic heterocycles. The Hall–Kier alpha value is -0.466. The Kier molecular flexibility index (Phi) is 3.52. The zero-order valence-electron chi connectivity index (χ0n) is 8.72. The van der Waals surface area contributed by atoms with E-state index in [9.17, 15) is 8.78 Å². The van der Waals surface area contributed by atoms with Gasteiger partial charge in [-0.25, -0.2) is 0 Å². The summed E-state index contributed by atoms with van der Waals surface area (Å²) in [6, 6.07) is 6.68. The van der Waals surface area contributed by atoms with Crippen LogP contribution < -0.4 is 0 Å². The van der Waals surface area contributed by atoms with Gasteiger partial charge in [-0.2, -0.15) is 8.78 Å². The van der Waals surface area contributed by atoms with Gasteiger partial charge in [0.15, 0.2) is 0 Å². The van der Waals surface area contributed by atoms with Crippen molar-refractivity contribution < 1.29 is 30.5 Å². The first-order valence-electron chi connectivity index (χ1n) is 4.73. The predicted molar refractivity (Wildman–Crippen MR) is 53.2 cm³/mol. The van der Waals surface area contributed by atoms with Crippen LogP contribution in [0.15, 0.2) is 29.8 Å². The molecule has 1 aliphatic carbocycles. The zero-order valence-corrected chi connectivity index (χ0v) is 10.3. The summed E-state index contributed by atoms with van der Waals surface area (Å²) >= 11 is 0. The van der Waals surface area contributed by atoms with Crippen LogP contribution in [0.5, 0.6) is 0 Å². The molecule has 1 aliphatic rings. The van der Waals surface area contributed by atoms with Crippen molar-refractivity contribution >= 4 is 6.08 Å². The Bertz CT molecular complexity index is 394. The van der Waals surface area contributed by atoms with Gasteiger partial charge < -0.3 is 0 Å². The van der Waals surface area contributed by atoms with E-state index in [-0.39, 0.29) is 38.8 Å². The molecule has 0 saturated heterocycles. The Morgan fingerprint density at radius 2 is 1.73 bits per heavy atom. The number of hydrogen-bond acceptors (Lipinski definition) is 0. The van der Waals surface area contributed by atoms with Crippen LogP contribution in [0.25, 0.3) is 6.08 Å². The maximum absolute atomic E-state index is 13.8. The number of fused-ring (bicyclic) bond motifs is 1. The second-order valence-corrected chi connectivity index (χ2v) is 3.92. The van der Waals surface area contributed by atoms with Gasteiger partial charge in [0, 0.05) is 32.9 Å². The van der Waals surface area contributed by atoms with Gasteiger partial charge in [-0.15, -0.1) is 0 Å². The second-order valence-electron chi connectivity index (χ2n) is 3.92. The summed E-state index contributed by atoms with van der Waals surface area (Å²) in [5.41, 5.74) is 1.02. The molecular formula is C12H12F2Ti. The molecule has 0 fully saturated rings. The first-order chi connectivity index (χ1) is 6.53. The number of alkyl halides is 2. The fourth-order valence-electron chi connectivity index (χ4n) is 1.85. The number of allylic oxidation sites excluding steroid dienone is 1. The predicted octanol–water partition coefficient (Wildman–Crippen LogP) is 3.83. The third kappa shape index (κ3) is 1.93. The summed E-state index contributed by atoms with van der Waals surface area (Å²) in [4.78, 5) is 0. The van der Waals surface area contributed by atoms with Gasteiger partial charge >= 0.3 is 0 Å². The minimum absolute atomic E-state index is 0. The molecule has 1 aromatic rings. The SMILES string of the molecule is CC(C)C1=Cc2ccccc2C1(F)F.[Ti]. The molecule has 1 aromatic carbocycles. The first kappa shape index (κ1) is 12.6. The summed E-state index contributed by atoms with van der Waals surface area (Å²) in [6.07, 6.45) is 1.61. The van der Waals surface area contributed by atoms with E-state index in [4.69, 9.17) is 0 Å². The standard InChI is InChI=1S/C12H12F2.Ti/c1-8(2)11-7-9-5-3-4-6-10(9)12(11,13)14;/h3-8H,1-2H3;. The minimum Gasteiger partial charge on any atom is -0.196 e. The van der Waals surface area contributed by atoms with Crippen molar-refractivity contribution in [2.75, 3.05) is 0 Å². The van der Waals surface area contributed by atoms with Crippen molar-refractivity contribution in [1.29, 1.82) is 0 Å². The Morgan fingerprint density at radius 1 is 1.13 bits per heavy atom. The average Bonchev–Trinajstić information content (AvgIpc) is 2.39. The van der Waals surface area contributed by atoms with Crippen LogP contribution >= 0.6 is 0 Å². The van der Waals surface area contributed by atoms with Crippen LogP contribution in [-0.4, -0.2) is 0 Å². The van der Waals surface area contributed by atoms with Gasteiger partial charge in [-0.1, -0.05) is 38.1 Å². The summed E-state index contributed by atoms with van der Waals surface area (Å²) in [7, 11) is 0. The van der Waals surface area contributed by atoms with Crippen molar-refractivity contribution in [3.63, 3.8) is 0 Å². The second kappa shape index (κ2) is 4.19. The molecule has 0 nitrogen and oxygen atoms in total. The third-order valence-corrected chi connectivity index (χ3v) is 2.59. The number of benzene rings is 1. The first-order valence-corrected chi connectivity index (χ1v) is 4.73. The Morgan fingerprint density at radius 3 is 2.27 bits per heavy atom. The van der Waals surface area contributed by atoms with Crippen molar-refractivity contribution in [3.8, 4) is 0 Å². The molecule has 0 radical (unpaired) electrons. The van der Waals surface area contributed by atoms with Gasteiger partial charge in [-0.3, -0.25) is 0 Å². The maximum Gasteiger partial charge on any atom is 0.295 e. The molecule has 0 saturated carbocycles. The van der Waals surface area contributed by atoms with Crippen molar-refractivity contribution in [2.45, 2.75) is 19.8 Å². The fourth-order valence-corrected chi connectivity index (χ4v) is 1.85. The van der Waals surface area contributed by atoms with Gasteiger partial charge in [0.1, 0.15) is 0 Å². The van der Waals surface area contributed by atoms with E-state index in [1.54, 1.807) is 38.1 Å². The van der Waals surface area contributed by atoms with Gasteiger partial charge in [0.25, 0.3) is 5.92 Å². The van der Waals surface area contributed by atoms with Crippen LogP contribution in [0.4, 0.5) is 8.78 Å². The molecule has 0 unspecified atom stereocenters. The minimum atomic E-state index is -2.77. The van der Waals surface area contributed by atoms with Crippen LogP contribution in [0, 0.1) is 5.92 Å². The van der Waals surface area contributed by atoms with Crippen molar-refractivity contribution in [2.24, 2.45) is 5.92 Å². The zero-order chi connectivity index (χ0) is 10.3. The van der Waals surface area contributed by atoms with Crippen LogP contribution in [0.3, 0.4) is 0 Å². The molecular weight excluding hydrogens is 230 g/mol. The van der Waals surface area contributed by atoms with Crippen LogP contribution in [-0.2, 0) is 27.6 Å². The van der Waals surface area contributed by atoms with Crippen molar-refractivity contribution in [1.82, 2.24) is 0 Å². The van der Waals surface area contributed by atoms with Gasteiger partial charge in [-0.05, 0) is 17.6 Å². The van der Waals surface area contributed by atoms with Crippen LogP contribution in [0.1, 0.15) is 25.0 Å². The normalized spacial score (nSPS) is 17.0. The third-order valence-electron chi connectivity index (χ3n) is 2.59. The van der Waals surface area contributed by atoms with E-state index < -0.39 is 5.92 Å². The van der Waals surface area contributed by atoms with E-state index in [0.717, 1.165) is 0 Å². The summed E-state index contributed by atoms with van der Waals surface area (Å²) in [6.45, 7) is 3.59. The van der Waals surface area contributed by atoms with E-state index in [2.05, 4.69) is 0 Å². The Balaban J connectivity index is 0.00000112. The smallest absolute Gasteiger partial charge is 0.196 e. The molecule has 0 spiro atoms. The molecule has 0 heterocycles. The summed E-state index contributed by atoms with van der Waals surface area (Å²) < 4.78 is 27.6. The average molecular weight is 242 g/mol. The number of rotatable bonds is 1. The van der Waals surface area contributed by atoms with E-state index >= 15 is 0 Å². The molecule has 15 heavy (non-hydrogen) atoms. The summed E-state index contributed by atoms with van der Waals surface area (Å²) in [5.74, 6) is -2.89. The largest absolute Gasteiger partial charge is 0.295 e. The quantitative estimate of drug-likeness (QED) is 0.656. The molecule has 3 heteroatoms. The number of hydrogen-bond donors (Lipinski definition) is 0. The molecule has 0 atom stereocenters. The molecule has 2 rings (SSSR count). The fraction of sp³-hybridized carbons (Fsp3) is 0.333. The van der Waals surface area contributed by atoms with Gasteiger partial charge in [0.2, 0.25) is 0 Å². The van der Waals surface area contributed by atoms with Gasteiger partial charge in [0.05, 0.1) is 0 Å². The topological polar surface area (TPSA) is 0 Å². The summed E-state index contributed by atoms with van der Waals surface area (Å²) in [5, 5.41) is 0. The molecule has 0 amide bonds. The molecule has 78 valence electrons. The van der Waals surface area contributed by atoms with E-state index in [0.29, 0.717) is 5.56 Å². The van der Waals surface area contributed by atoms with E-state index in [1.807, 2.05) is 0 Å². The Labute approximate surface area is 103 Å². The maximum atomic E-state index is 13.8. The van der Waals surface area contributed by atoms with Crippen molar-refractivity contribution in [3.05, 3.63) is 41.0 Å². The molecule has 0 N–H and O–H groups in total. The molecule has 0 aromatic heterocycles. The molecule has 0 bridgehead atoms. The van der Waals surface area contributed by atoms with E-state index in [1.165, 1.54) is 6.07 Å². The van der Waals surface area contributed by atoms with Crippen LogP contribution in [0.2, 0.25) is 0 Å².